The molecule has 0 aliphatic heterocycles. The molecule has 4 aliphatic rings. The Hall–Kier alpha value is -6.80. The van der Waals surface area contributed by atoms with Crippen LogP contribution in [0.3, 0.4) is 0 Å². The number of benzene rings is 3. The maximum Gasteiger partial charge on any atom is 0.331 e. The smallest absolute Gasteiger partial charge is 0.331 e. The van der Waals surface area contributed by atoms with Crippen LogP contribution < -0.4 is 14.2 Å². The van der Waals surface area contributed by atoms with E-state index in [0.29, 0.717) is 40.4 Å². The molecule has 0 bridgehead atoms. The molecule has 0 aromatic heterocycles. The van der Waals surface area contributed by atoms with Crippen molar-refractivity contribution in [3.8, 4) is 17.2 Å². The standard InChI is InChI=1S/C62H74O14/c1-38(63)76-57(2,3)31-30-50(64)62(9,69)55-48(74-53(67)28-23-40-17-14-20-43(33-40)71-11)36-59(6)49-26-25-45-46(61(49,8)51(65)37-60(55,59)7)35-47(73-52(66)27-22-39-16-13-19-42(32-39)70-10)56(58(45,4)5)75-54(68)29-24-41-18-15-21-44(34-41)72-12/h13-25,27-29,32-34,46-49,55-56,69H,26,30-31,35-37H2,1-12H3/b27-22+,28-23+,29-24+/t46-,47+,48-,49+,55?,56-,59+,60-,61+,62+/m1/s1. The van der Waals surface area contributed by atoms with Crippen LogP contribution >= 0.6 is 0 Å². The average Bonchev–Trinajstić information content (AvgIpc) is 3.61. The minimum Gasteiger partial charge on any atom is -0.497 e. The summed E-state index contributed by atoms with van der Waals surface area (Å²) in [4.78, 5) is 84.1. The van der Waals surface area contributed by atoms with E-state index >= 15 is 4.79 Å². The highest BCUT2D eigenvalue weighted by molar-refractivity contribution is 5.92. The fraction of sp³-hybridized carbons (Fsp3) is 0.484. The first-order chi connectivity index (χ1) is 35.7. The van der Waals surface area contributed by atoms with Crippen LogP contribution in [-0.4, -0.2) is 91.4 Å². The van der Waals surface area contributed by atoms with Gasteiger partial charge in [0, 0.05) is 54.7 Å². The Morgan fingerprint density at radius 2 is 1.16 bits per heavy atom. The van der Waals surface area contributed by atoms with Crippen LogP contribution in [0.1, 0.15) is 118 Å². The molecular weight excluding hydrogens is 969 g/mol. The quantitative estimate of drug-likeness (QED) is 0.0549. The van der Waals surface area contributed by atoms with Crippen LogP contribution in [0.4, 0.5) is 0 Å². The van der Waals surface area contributed by atoms with E-state index in [1.165, 1.54) is 32.1 Å². The topological polar surface area (TPSA) is 187 Å². The number of esters is 4. The number of rotatable bonds is 18. The number of carbonyl (C=O) groups excluding carboxylic acids is 6. The predicted molar refractivity (Wildman–Crippen MR) is 287 cm³/mol. The Kier molecular flexibility index (Phi) is 16.5. The van der Waals surface area contributed by atoms with Gasteiger partial charge >= 0.3 is 23.9 Å². The molecule has 14 heteroatoms. The number of ketones is 2. The fourth-order valence-electron chi connectivity index (χ4n) is 13.5. The molecule has 3 fully saturated rings. The van der Waals surface area contributed by atoms with E-state index in [0.717, 1.165) is 5.57 Å². The monoisotopic (exact) mass is 1040 g/mol. The molecular formula is C62H74O14. The van der Waals surface area contributed by atoms with Gasteiger partial charge in [-0.3, -0.25) is 14.4 Å². The summed E-state index contributed by atoms with van der Waals surface area (Å²) in [6, 6.07) is 21.5. The SMILES string of the molecule is COc1cccc(/C=C/C(=O)O[C@H]2C[C@@H]3C(=CC[C@@H]4[C@@]3(C)C(=O)C[C@]3(C)C([C@@](C)(O)C(=O)CCC(C)(C)OC(C)=O)[C@H](OC(=O)/C=C/c5cccc(OC)c5)C[C@@]43C)C(C)(C)[C@@H]2OC(=O)/C=C/c2cccc(OC)c2)c1. The summed E-state index contributed by atoms with van der Waals surface area (Å²) in [5.41, 5.74) is -4.21. The Morgan fingerprint density at radius 1 is 0.684 bits per heavy atom. The number of Topliss-reactive ketones (excluding diaryl/α,β-unsaturated/α-hetero) is 2. The van der Waals surface area contributed by atoms with Crippen molar-refractivity contribution in [2.75, 3.05) is 21.3 Å². The predicted octanol–water partition coefficient (Wildman–Crippen LogP) is 10.3. The lowest BCUT2D eigenvalue weighted by molar-refractivity contribution is -0.196. The zero-order valence-electron chi connectivity index (χ0n) is 45.9. The number of carbonyl (C=O) groups is 6. The van der Waals surface area contributed by atoms with Crippen molar-refractivity contribution in [2.45, 2.75) is 130 Å². The van der Waals surface area contributed by atoms with Gasteiger partial charge in [-0.15, -0.1) is 0 Å². The third-order valence-electron chi connectivity index (χ3n) is 17.4. The van der Waals surface area contributed by atoms with E-state index in [4.69, 9.17) is 33.2 Å². The van der Waals surface area contributed by atoms with Gasteiger partial charge in [0.15, 0.2) is 5.78 Å². The molecule has 76 heavy (non-hydrogen) atoms. The number of aliphatic hydroxyl groups is 1. The van der Waals surface area contributed by atoms with Gasteiger partial charge in [0.05, 0.1) is 21.3 Å². The number of fused-ring (bicyclic) bond motifs is 5. The highest BCUT2D eigenvalue weighted by atomic mass is 16.6. The number of methoxy groups -OCH3 is 3. The summed E-state index contributed by atoms with van der Waals surface area (Å²) in [5, 5.41) is 12.8. The number of allylic oxidation sites excluding steroid dienone is 1. The van der Waals surface area contributed by atoms with Gasteiger partial charge in [0.2, 0.25) is 0 Å². The highest BCUT2D eigenvalue weighted by Crippen LogP contribution is 2.74. The average molecular weight is 1040 g/mol. The van der Waals surface area contributed by atoms with Crippen LogP contribution in [-0.2, 0) is 47.7 Å². The first kappa shape index (κ1) is 56.9. The Labute approximate surface area is 446 Å². The minimum atomic E-state index is -2.12. The van der Waals surface area contributed by atoms with Gasteiger partial charge in [0.25, 0.3) is 0 Å². The zero-order valence-corrected chi connectivity index (χ0v) is 45.9. The number of hydrogen-bond acceptors (Lipinski definition) is 14. The van der Waals surface area contributed by atoms with Crippen LogP contribution in [0.25, 0.3) is 18.2 Å². The van der Waals surface area contributed by atoms with Crippen molar-refractivity contribution in [1.82, 2.24) is 0 Å². The van der Waals surface area contributed by atoms with Crippen LogP contribution in [0.5, 0.6) is 17.2 Å². The van der Waals surface area contributed by atoms with E-state index in [2.05, 4.69) is 13.0 Å². The number of hydrogen-bond donors (Lipinski definition) is 1. The summed E-state index contributed by atoms with van der Waals surface area (Å²) in [6.45, 7) is 16.0. The van der Waals surface area contributed by atoms with Crippen molar-refractivity contribution < 1.29 is 67.0 Å². The first-order valence-electron chi connectivity index (χ1n) is 26.0. The van der Waals surface area contributed by atoms with Gasteiger partial charge in [-0.05, 0) is 140 Å². The molecule has 0 amide bonds. The molecule has 406 valence electrons. The third-order valence-corrected chi connectivity index (χ3v) is 17.4. The second-order valence-corrected chi connectivity index (χ2v) is 22.9. The molecule has 4 aliphatic carbocycles. The second-order valence-electron chi connectivity index (χ2n) is 22.9. The van der Waals surface area contributed by atoms with Gasteiger partial charge in [-0.2, -0.15) is 0 Å². The molecule has 7 rings (SSSR count). The van der Waals surface area contributed by atoms with Crippen LogP contribution in [0.2, 0.25) is 0 Å². The molecule has 1 N–H and O–H groups in total. The van der Waals surface area contributed by atoms with Crippen LogP contribution in [0, 0.1) is 39.4 Å². The van der Waals surface area contributed by atoms with Crippen molar-refractivity contribution in [2.24, 2.45) is 39.4 Å². The summed E-state index contributed by atoms with van der Waals surface area (Å²) in [7, 11) is 4.66. The summed E-state index contributed by atoms with van der Waals surface area (Å²) < 4.78 is 40.7. The normalized spacial score (nSPS) is 28.5. The summed E-state index contributed by atoms with van der Waals surface area (Å²) >= 11 is 0. The maximum absolute atomic E-state index is 15.7. The minimum absolute atomic E-state index is 0.0807. The van der Waals surface area contributed by atoms with E-state index in [1.54, 1.807) is 102 Å². The van der Waals surface area contributed by atoms with E-state index < -0.39 is 98.6 Å². The molecule has 0 saturated heterocycles. The van der Waals surface area contributed by atoms with Crippen molar-refractivity contribution in [3.63, 3.8) is 0 Å². The molecule has 14 nitrogen and oxygen atoms in total. The Bertz CT molecular complexity index is 2850. The van der Waals surface area contributed by atoms with Gasteiger partial charge in [0.1, 0.15) is 52.5 Å². The lowest BCUT2D eigenvalue weighted by Crippen LogP contribution is -2.66. The zero-order chi connectivity index (χ0) is 55.6. The van der Waals surface area contributed by atoms with E-state index in [9.17, 15) is 29.1 Å². The lowest BCUT2D eigenvalue weighted by Gasteiger charge is -2.65. The summed E-state index contributed by atoms with van der Waals surface area (Å²) in [6.07, 6.45) is 8.46. The second kappa shape index (κ2) is 22.0. The van der Waals surface area contributed by atoms with E-state index in [1.807, 2.05) is 52.0 Å². The largest absolute Gasteiger partial charge is 0.497 e. The molecule has 0 spiro atoms. The molecule has 3 saturated carbocycles. The molecule has 3 aromatic carbocycles. The Balaban J connectivity index is 1.26. The molecule has 10 atom stereocenters. The molecule has 3 aromatic rings. The highest BCUT2D eigenvalue weighted by Gasteiger charge is 2.75. The third kappa shape index (κ3) is 11.3. The maximum atomic E-state index is 15.7. The summed E-state index contributed by atoms with van der Waals surface area (Å²) in [5.74, 6) is -3.37. The van der Waals surface area contributed by atoms with Crippen molar-refractivity contribution in [3.05, 3.63) is 119 Å². The van der Waals surface area contributed by atoms with Gasteiger partial charge in [-0.25, -0.2) is 14.4 Å². The van der Waals surface area contributed by atoms with Crippen molar-refractivity contribution in [1.29, 1.82) is 0 Å². The fourth-order valence-corrected chi connectivity index (χ4v) is 13.5. The van der Waals surface area contributed by atoms with Crippen LogP contribution in [0.15, 0.2) is 103 Å². The lowest BCUT2D eigenvalue weighted by atomic mass is 9.38. The Morgan fingerprint density at radius 3 is 1.63 bits per heavy atom. The van der Waals surface area contributed by atoms with E-state index in [-0.39, 0.29) is 37.9 Å². The van der Waals surface area contributed by atoms with Crippen molar-refractivity contribution >= 4 is 53.7 Å². The number of ether oxygens (including phenoxy) is 7. The molecule has 0 heterocycles. The molecule has 1 unspecified atom stereocenters. The molecule has 0 radical (unpaired) electrons. The van der Waals surface area contributed by atoms with Gasteiger partial charge < -0.3 is 38.3 Å². The van der Waals surface area contributed by atoms with Gasteiger partial charge in [-0.1, -0.05) is 82.7 Å². The first-order valence-corrected chi connectivity index (χ1v) is 26.0.